The zero-order chi connectivity index (χ0) is 20.1. The summed E-state index contributed by atoms with van der Waals surface area (Å²) >= 11 is 5.82. The monoisotopic (exact) mass is 412 g/mol. The molecule has 0 aromatic carbocycles. The van der Waals surface area contributed by atoms with Gasteiger partial charge in [0.05, 0.1) is 28.7 Å². The molecule has 0 radical (unpaired) electrons. The van der Waals surface area contributed by atoms with Crippen molar-refractivity contribution in [1.82, 2.24) is 25.0 Å². The van der Waals surface area contributed by atoms with Crippen LogP contribution in [0.5, 0.6) is 0 Å². The highest BCUT2D eigenvalue weighted by molar-refractivity contribution is 6.30. The summed E-state index contributed by atoms with van der Waals surface area (Å²) in [6, 6.07) is 3.56. The normalized spacial score (nSPS) is 14.7. The number of carbonyl (C=O) groups excluding carboxylic acids is 1. The number of likely N-dealkylation sites (tertiary alicyclic amines) is 1. The van der Waals surface area contributed by atoms with Crippen LogP contribution in [-0.2, 0) is 4.79 Å². The lowest BCUT2D eigenvalue weighted by Crippen LogP contribution is -2.38. The maximum Gasteiger partial charge on any atom is 0.224 e. The Morgan fingerprint density at radius 1 is 1.17 bits per heavy atom. The van der Waals surface area contributed by atoms with E-state index in [1.165, 1.54) is 0 Å². The quantitative estimate of drug-likeness (QED) is 0.662. The summed E-state index contributed by atoms with van der Waals surface area (Å²) in [6.45, 7) is 1.93. The summed E-state index contributed by atoms with van der Waals surface area (Å²) in [4.78, 5) is 27.0. The molecule has 0 saturated carbocycles. The Labute approximate surface area is 173 Å². The minimum absolute atomic E-state index is 0.136. The molecule has 0 unspecified atom stereocenters. The number of rotatable bonds is 6. The third kappa shape index (κ3) is 4.71. The predicted octanol–water partition coefficient (Wildman–Crippen LogP) is 3.39. The SMILES string of the molecule is O=C(CCNc1ccc(Cl)cn1)N1CCC(c2oncc2-c2cnccn2)CC1. The van der Waals surface area contributed by atoms with Gasteiger partial charge in [0, 0.05) is 50.6 Å². The van der Waals surface area contributed by atoms with E-state index in [1.807, 2.05) is 4.90 Å². The molecular weight excluding hydrogens is 392 g/mol. The topological polar surface area (TPSA) is 97.0 Å². The van der Waals surface area contributed by atoms with E-state index < -0.39 is 0 Å². The predicted molar refractivity (Wildman–Crippen MR) is 108 cm³/mol. The first-order valence-electron chi connectivity index (χ1n) is 9.55. The van der Waals surface area contributed by atoms with Crippen molar-refractivity contribution in [1.29, 1.82) is 0 Å². The molecule has 4 heterocycles. The number of hydrogen-bond donors (Lipinski definition) is 1. The first-order valence-corrected chi connectivity index (χ1v) is 9.92. The maximum absolute atomic E-state index is 12.5. The van der Waals surface area contributed by atoms with Crippen LogP contribution in [0.25, 0.3) is 11.3 Å². The van der Waals surface area contributed by atoms with E-state index in [0.29, 0.717) is 36.9 Å². The number of amides is 1. The Hall–Kier alpha value is -3.00. The molecule has 8 nitrogen and oxygen atoms in total. The molecule has 0 spiro atoms. The summed E-state index contributed by atoms with van der Waals surface area (Å²) in [6.07, 6.45) is 10.3. The number of carbonyl (C=O) groups is 1. The lowest BCUT2D eigenvalue weighted by molar-refractivity contribution is -0.132. The molecule has 1 aliphatic heterocycles. The Morgan fingerprint density at radius 2 is 2.03 bits per heavy atom. The van der Waals surface area contributed by atoms with E-state index in [1.54, 1.807) is 43.1 Å². The van der Waals surface area contributed by atoms with Gasteiger partial charge in [0.15, 0.2) is 0 Å². The third-order valence-corrected chi connectivity index (χ3v) is 5.25. The van der Waals surface area contributed by atoms with E-state index in [-0.39, 0.29) is 11.8 Å². The Morgan fingerprint density at radius 3 is 2.76 bits per heavy atom. The van der Waals surface area contributed by atoms with Crippen LogP contribution in [0, 0.1) is 0 Å². The third-order valence-electron chi connectivity index (χ3n) is 5.03. The highest BCUT2D eigenvalue weighted by Crippen LogP contribution is 2.34. The second kappa shape index (κ2) is 9.00. The summed E-state index contributed by atoms with van der Waals surface area (Å²) < 4.78 is 5.53. The van der Waals surface area contributed by atoms with Crippen LogP contribution < -0.4 is 5.32 Å². The van der Waals surface area contributed by atoms with Crippen molar-refractivity contribution >= 4 is 23.3 Å². The number of halogens is 1. The molecule has 1 amide bonds. The van der Waals surface area contributed by atoms with Gasteiger partial charge in [-0.05, 0) is 25.0 Å². The van der Waals surface area contributed by atoms with Crippen molar-refractivity contribution in [2.75, 3.05) is 25.0 Å². The van der Waals surface area contributed by atoms with Crippen LogP contribution in [0.4, 0.5) is 5.82 Å². The van der Waals surface area contributed by atoms with Crippen molar-refractivity contribution in [2.45, 2.75) is 25.2 Å². The van der Waals surface area contributed by atoms with Gasteiger partial charge in [0.2, 0.25) is 5.91 Å². The molecular formula is C20H21ClN6O2. The van der Waals surface area contributed by atoms with Crippen LogP contribution in [0.2, 0.25) is 5.02 Å². The van der Waals surface area contributed by atoms with Crippen LogP contribution in [-0.4, -0.2) is 50.5 Å². The Bertz CT molecular complexity index is 939. The molecule has 29 heavy (non-hydrogen) atoms. The van der Waals surface area contributed by atoms with Crippen molar-refractivity contribution in [3.63, 3.8) is 0 Å². The van der Waals surface area contributed by atoms with Crippen LogP contribution in [0.3, 0.4) is 0 Å². The summed E-state index contributed by atoms with van der Waals surface area (Å²) in [5.41, 5.74) is 1.63. The van der Waals surface area contributed by atoms with Gasteiger partial charge < -0.3 is 14.7 Å². The molecule has 150 valence electrons. The molecule has 0 atom stereocenters. The van der Waals surface area contributed by atoms with Crippen LogP contribution in [0.15, 0.2) is 47.6 Å². The number of nitrogens with zero attached hydrogens (tertiary/aromatic N) is 5. The minimum atomic E-state index is 0.136. The molecule has 0 aliphatic carbocycles. The smallest absolute Gasteiger partial charge is 0.224 e. The second-order valence-corrected chi connectivity index (χ2v) is 7.32. The summed E-state index contributed by atoms with van der Waals surface area (Å²) in [5, 5.41) is 7.69. The first-order chi connectivity index (χ1) is 14.2. The average Bonchev–Trinajstić information content (AvgIpc) is 3.26. The number of nitrogens with one attached hydrogen (secondary N) is 1. The van der Waals surface area contributed by atoms with Crippen molar-refractivity contribution in [2.24, 2.45) is 0 Å². The molecule has 1 aliphatic rings. The minimum Gasteiger partial charge on any atom is -0.370 e. The summed E-state index contributed by atoms with van der Waals surface area (Å²) in [5.74, 6) is 1.89. The second-order valence-electron chi connectivity index (χ2n) is 6.89. The molecule has 3 aromatic heterocycles. The molecule has 0 bridgehead atoms. The van der Waals surface area contributed by atoms with Gasteiger partial charge in [-0.1, -0.05) is 16.8 Å². The highest BCUT2D eigenvalue weighted by Gasteiger charge is 2.28. The van der Waals surface area contributed by atoms with E-state index in [2.05, 4.69) is 25.4 Å². The van der Waals surface area contributed by atoms with Crippen LogP contribution in [0.1, 0.15) is 30.9 Å². The molecule has 1 N–H and O–H groups in total. The fourth-order valence-electron chi connectivity index (χ4n) is 3.50. The molecule has 4 rings (SSSR count). The molecule has 9 heteroatoms. The van der Waals surface area contributed by atoms with Gasteiger partial charge in [-0.3, -0.25) is 14.8 Å². The van der Waals surface area contributed by atoms with E-state index >= 15 is 0 Å². The van der Waals surface area contributed by atoms with E-state index in [4.69, 9.17) is 16.1 Å². The zero-order valence-corrected chi connectivity index (χ0v) is 16.5. The highest BCUT2D eigenvalue weighted by atomic mass is 35.5. The number of hydrogen-bond acceptors (Lipinski definition) is 7. The molecule has 3 aromatic rings. The Balaban J connectivity index is 1.28. The van der Waals surface area contributed by atoms with E-state index in [0.717, 1.165) is 29.9 Å². The van der Waals surface area contributed by atoms with Crippen molar-refractivity contribution in [3.05, 3.63) is 53.9 Å². The largest absolute Gasteiger partial charge is 0.370 e. The fourth-order valence-corrected chi connectivity index (χ4v) is 3.61. The zero-order valence-electron chi connectivity index (χ0n) is 15.8. The lowest BCUT2D eigenvalue weighted by atomic mass is 9.91. The standard InChI is InChI=1S/C20H21ClN6O2/c21-15-1-2-18(25-11-15)24-6-3-19(28)27-9-4-14(5-10-27)20-16(12-26-29-20)17-13-22-7-8-23-17/h1-2,7-8,11-14H,3-6,9-10H2,(H,24,25). The number of piperidine rings is 1. The van der Waals surface area contributed by atoms with Gasteiger partial charge >= 0.3 is 0 Å². The number of pyridine rings is 1. The van der Waals surface area contributed by atoms with Gasteiger partial charge in [0.25, 0.3) is 0 Å². The summed E-state index contributed by atoms with van der Waals surface area (Å²) in [7, 11) is 0. The Kier molecular flexibility index (Phi) is 6.00. The van der Waals surface area contributed by atoms with Gasteiger partial charge in [-0.15, -0.1) is 0 Å². The maximum atomic E-state index is 12.5. The first kappa shape index (κ1) is 19.3. The van der Waals surface area contributed by atoms with Crippen LogP contribution >= 0.6 is 11.6 Å². The molecule has 1 fully saturated rings. The van der Waals surface area contributed by atoms with Gasteiger partial charge in [-0.25, -0.2) is 4.98 Å². The lowest BCUT2D eigenvalue weighted by Gasteiger charge is -2.31. The van der Waals surface area contributed by atoms with Gasteiger partial charge in [0.1, 0.15) is 11.6 Å². The average molecular weight is 413 g/mol. The number of anilines is 1. The fraction of sp³-hybridized carbons (Fsp3) is 0.350. The van der Waals surface area contributed by atoms with E-state index in [9.17, 15) is 4.79 Å². The molecule has 1 saturated heterocycles. The van der Waals surface area contributed by atoms with Crippen molar-refractivity contribution in [3.8, 4) is 11.3 Å². The van der Waals surface area contributed by atoms with Gasteiger partial charge in [-0.2, -0.15) is 0 Å². The number of aromatic nitrogens is 4. The van der Waals surface area contributed by atoms with Crippen molar-refractivity contribution < 1.29 is 9.32 Å².